The Labute approximate surface area is 93.1 Å². The quantitative estimate of drug-likeness (QED) is 0.697. The number of carbonyl (C=O) groups is 2. The lowest BCUT2D eigenvalue weighted by Gasteiger charge is -2.17. The SMILES string of the molecule is Cc1[nH]ncc1C(=O)NC(C(=O)O)C(C)C. The molecule has 3 N–H and O–H groups in total. The molecule has 0 aliphatic heterocycles. The summed E-state index contributed by atoms with van der Waals surface area (Å²) in [5, 5.41) is 17.7. The van der Waals surface area contributed by atoms with Crippen molar-refractivity contribution < 1.29 is 14.7 Å². The third-order valence-electron chi connectivity index (χ3n) is 2.29. The second kappa shape index (κ2) is 4.78. The zero-order chi connectivity index (χ0) is 12.3. The predicted octanol–water partition coefficient (Wildman–Crippen LogP) is 0.557. The van der Waals surface area contributed by atoms with E-state index in [9.17, 15) is 9.59 Å². The number of carboxylic acids is 1. The molecule has 1 amide bonds. The number of aromatic nitrogens is 2. The third-order valence-corrected chi connectivity index (χ3v) is 2.29. The second-order valence-electron chi connectivity index (χ2n) is 3.94. The summed E-state index contributed by atoms with van der Waals surface area (Å²) in [6, 6.07) is -0.887. The van der Waals surface area contributed by atoms with Gasteiger partial charge in [-0.15, -0.1) is 0 Å². The molecule has 1 rings (SSSR count). The molecule has 0 aromatic carbocycles. The van der Waals surface area contributed by atoms with Crippen LogP contribution in [0.1, 0.15) is 29.9 Å². The first-order valence-electron chi connectivity index (χ1n) is 4.97. The molecule has 0 saturated heterocycles. The first-order valence-corrected chi connectivity index (χ1v) is 4.97. The van der Waals surface area contributed by atoms with Crippen molar-refractivity contribution in [3.63, 3.8) is 0 Å². The molecule has 0 radical (unpaired) electrons. The molecule has 1 aromatic rings. The summed E-state index contributed by atoms with van der Waals surface area (Å²) in [6.07, 6.45) is 1.38. The lowest BCUT2D eigenvalue weighted by atomic mass is 10.0. The van der Waals surface area contributed by atoms with Crippen molar-refractivity contribution in [1.29, 1.82) is 0 Å². The van der Waals surface area contributed by atoms with E-state index in [-0.39, 0.29) is 5.92 Å². The fourth-order valence-corrected chi connectivity index (χ4v) is 1.31. The molecule has 16 heavy (non-hydrogen) atoms. The third kappa shape index (κ3) is 2.59. The van der Waals surface area contributed by atoms with Crippen LogP contribution in [0.25, 0.3) is 0 Å². The van der Waals surface area contributed by atoms with E-state index in [1.165, 1.54) is 6.20 Å². The molecule has 88 valence electrons. The minimum Gasteiger partial charge on any atom is -0.480 e. The highest BCUT2D eigenvalue weighted by Crippen LogP contribution is 2.06. The predicted molar refractivity (Wildman–Crippen MR) is 57.1 cm³/mol. The van der Waals surface area contributed by atoms with Gasteiger partial charge in [0.05, 0.1) is 11.8 Å². The van der Waals surface area contributed by atoms with Gasteiger partial charge >= 0.3 is 5.97 Å². The monoisotopic (exact) mass is 225 g/mol. The largest absolute Gasteiger partial charge is 0.480 e. The number of nitrogens with zero attached hydrogens (tertiary/aromatic N) is 1. The zero-order valence-corrected chi connectivity index (χ0v) is 9.44. The molecule has 1 atom stereocenters. The molecule has 1 heterocycles. The van der Waals surface area contributed by atoms with E-state index < -0.39 is 17.9 Å². The van der Waals surface area contributed by atoms with E-state index in [0.29, 0.717) is 11.3 Å². The van der Waals surface area contributed by atoms with Crippen LogP contribution in [0.5, 0.6) is 0 Å². The highest BCUT2D eigenvalue weighted by molar-refractivity contribution is 5.97. The van der Waals surface area contributed by atoms with Gasteiger partial charge in [-0.1, -0.05) is 13.8 Å². The first kappa shape index (κ1) is 12.2. The fourth-order valence-electron chi connectivity index (χ4n) is 1.31. The molecular weight excluding hydrogens is 210 g/mol. The number of aromatic amines is 1. The number of rotatable bonds is 4. The summed E-state index contributed by atoms with van der Waals surface area (Å²) in [6.45, 7) is 5.18. The summed E-state index contributed by atoms with van der Waals surface area (Å²) >= 11 is 0. The summed E-state index contributed by atoms with van der Waals surface area (Å²) in [7, 11) is 0. The molecule has 0 spiro atoms. The van der Waals surface area contributed by atoms with E-state index in [2.05, 4.69) is 15.5 Å². The molecule has 6 heteroatoms. The molecule has 1 aromatic heterocycles. The van der Waals surface area contributed by atoms with Gasteiger partial charge < -0.3 is 10.4 Å². The Morgan fingerprint density at radius 1 is 1.50 bits per heavy atom. The van der Waals surface area contributed by atoms with Gasteiger partial charge in [-0.25, -0.2) is 4.79 Å². The van der Waals surface area contributed by atoms with Crippen LogP contribution < -0.4 is 5.32 Å². The van der Waals surface area contributed by atoms with Crippen molar-refractivity contribution in [2.24, 2.45) is 5.92 Å². The molecule has 0 bridgehead atoms. The fraction of sp³-hybridized carbons (Fsp3) is 0.500. The van der Waals surface area contributed by atoms with Crippen molar-refractivity contribution in [2.75, 3.05) is 0 Å². The summed E-state index contributed by atoms with van der Waals surface area (Å²) in [5.74, 6) is -1.63. The number of hydrogen-bond acceptors (Lipinski definition) is 3. The molecule has 0 fully saturated rings. The normalized spacial score (nSPS) is 12.5. The van der Waals surface area contributed by atoms with Crippen LogP contribution in [0.4, 0.5) is 0 Å². The van der Waals surface area contributed by atoms with Crippen LogP contribution in [0.15, 0.2) is 6.20 Å². The lowest BCUT2D eigenvalue weighted by molar-refractivity contribution is -0.140. The van der Waals surface area contributed by atoms with Gasteiger partial charge in [0, 0.05) is 5.69 Å². The van der Waals surface area contributed by atoms with Gasteiger partial charge in [-0.3, -0.25) is 9.89 Å². The number of nitrogens with one attached hydrogen (secondary N) is 2. The van der Waals surface area contributed by atoms with Crippen LogP contribution in [-0.2, 0) is 4.79 Å². The Kier molecular flexibility index (Phi) is 3.65. The topological polar surface area (TPSA) is 95.1 Å². The van der Waals surface area contributed by atoms with Crippen molar-refractivity contribution in [1.82, 2.24) is 15.5 Å². The van der Waals surface area contributed by atoms with Crippen LogP contribution in [-0.4, -0.2) is 33.2 Å². The van der Waals surface area contributed by atoms with Gasteiger partial charge in [-0.05, 0) is 12.8 Å². The Hall–Kier alpha value is -1.85. The number of carbonyl (C=O) groups excluding carboxylic acids is 1. The maximum Gasteiger partial charge on any atom is 0.326 e. The van der Waals surface area contributed by atoms with E-state index >= 15 is 0 Å². The summed E-state index contributed by atoms with van der Waals surface area (Å²) < 4.78 is 0. The number of aliphatic carboxylic acids is 1. The first-order chi connectivity index (χ1) is 7.43. The standard InChI is InChI=1S/C10H15N3O3/c1-5(2)8(10(15)16)12-9(14)7-4-11-13-6(7)3/h4-5,8H,1-3H3,(H,11,13)(H,12,14)(H,15,16). The van der Waals surface area contributed by atoms with Gasteiger partial charge in [0.2, 0.25) is 0 Å². The molecule has 0 aliphatic rings. The highest BCUT2D eigenvalue weighted by Gasteiger charge is 2.24. The van der Waals surface area contributed by atoms with Crippen molar-refractivity contribution >= 4 is 11.9 Å². The van der Waals surface area contributed by atoms with Gasteiger partial charge in [0.1, 0.15) is 6.04 Å². The van der Waals surface area contributed by atoms with Crippen molar-refractivity contribution in [3.8, 4) is 0 Å². The molecule has 6 nitrogen and oxygen atoms in total. The minimum atomic E-state index is -1.04. The number of carboxylic acid groups (broad SMARTS) is 1. The van der Waals surface area contributed by atoms with Gasteiger partial charge in [0.25, 0.3) is 5.91 Å². The average Bonchev–Trinajstić information content (AvgIpc) is 2.59. The summed E-state index contributed by atoms with van der Waals surface area (Å²) in [5.41, 5.74) is 0.984. The zero-order valence-electron chi connectivity index (χ0n) is 9.44. The van der Waals surface area contributed by atoms with Crippen LogP contribution >= 0.6 is 0 Å². The molecule has 1 unspecified atom stereocenters. The minimum absolute atomic E-state index is 0.173. The molecular formula is C10H15N3O3. The van der Waals surface area contributed by atoms with Crippen LogP contribution in [0.3, 0.4) is 0 Å². The Morgan fingerprint density at radius 3 is 2.50 bits per heavy atom. The Bertz CT molecular complexity index is 398. The van der Waals surface area contributed by atoms with E-state index in [1.54, 1.807) is 20.8 Å². The van der Waals surface area contributed by atoms with E-state index in [1.807, 2.05) is 0 Å². The maximum atomic E-state index is 11.7. The highest BCUT2D eigenvalue weighted by atomic mass is 16.4. The van der Waals surface area contributed by atoms with Crippen molar-refractivity contribution in [2.45, 2.75) is 26.8 Å². The number of hydrogen-bond donors (Lipinski definition) is 3. The average molecular weight is 225 g/mol. The lowest BCUT2D eigenvalue weighted by Crippen LogP contribution is -2.44. The number of H-pyrrole nitrogens is 1. The Balaban J connectivity index is 2.77. The number of aryl methyl sites for hydroxylation is 1. The second-order valence-corrected chi connectivity index (χ2v) is 3.94. The van der Waals surface area contributed by atoms with Crippen LogP contribution in [0, 0.1) is 12.8 Å². The van der Waals surface area contributed by atoms with Crippen LogP contribution in [0.2, 0.25) is 0 Å². The maximum absolute atomic E-state index is 11.7. The number of amides is 1. The Morgan fingerprint density at radius 2 is 2.12 bits per heavy atom. The molecule has 0 saturated carbocycles. The summed E-state index contributed by atoms with van der Waals surface area (Å²) in [4.78, 5) is 22.6. The smallest absolute Gasteiger partial charge is 0.326 e. The molecule has 0 aliphatic carbocycles. The van der Waals surface area contributed by atoms with E-state index in [0.717, 1.165) is 0 Å². The van der Waals surface area contributed by atoms with Gasteiger partial charge in [-0.2, -0.15) is 5.10 Å². The van der Waals surface area contributed by atoms with Gasteiger partial charge in [0.15, 0.2) is 0 Å². The van der Waals surface area contributed by atoms with E-state index in [4.69, 9.17) is 5.11 Å². The van der Waals surface area contributed by atoms with Crippen molar-refractivity contribution in [3.05, 3.63) is 17.5 Å².